The van der Waals surface area contributed by atoms with Crippen molar-refractivity contribution in [3.63, 3.8) is 0 Å². The van der Waals surface area contributed by atoms with E-state index in [9.17, 15) is 14.4 Å². The van der Waals surface area contributed by atoms with Crippen molar-refractivity contribution < 1.29 is 19.1 Å². The van der Waals surface area contributed by atoms with Crippen LogP contribution in [0.1, 0.15) is 50.2 Å². The first-order valence-electron chi connectivity index (χ1n) is 7.59. The first kappa shape index (κ1) is 17.5. The minimum atomic E-state index is -0.881. The third-order valence-corrected chi connectivity index (χ3v) is 4.13. The topological polar surface area (TPSA) is 84.5 Å². The summed E-state index contributed by atoms with van der Waals surface area (Å²) < 4.78 is 5.17. The highest BCUT2D eigenvalue weighted by atomic mass is 32.1. The Morgan fingerprint density at radius 2 is 1.91 bits per heavy atom. The zero-order chi connectivity index (χ0) is 17.2. The Morgan fingerprint density at radius 1 is 1.26 bits per heavy atom. The summed E-state index contributed by atoms with van der Waals surface area (Å²) in [5, 5.41) is 6.15. The van der Waals surface area contributed by atoms with E-state index in [2.05, 4.69) is 10.6 Å². The van der Waals surface area contributed by atoms with E-state index >= 15 is 0 Å². The molecule has 0 unspecified atom stereocenters. The molecule has 1 heterocycles. The van der Waals surface area contributed by atoms with Gasteiger partial charge in [-0.1, -0.05) is 0 Å². The standard InChI is InChI=1S/C16H22N2O4S/c1-9(13(19)18-16(2,3)4)22-15(21)11-7-8-12(23-11)17-14(20)10-5-6-10/h7-10H,5-6H2,1-4H3,(H,17,20)(H,18,19)/t9-/m0/s1. The van der Waals surface area contributed by atoms with Gasteiger partial charge in [0.05, 0.1) is 5.00 Å². The summed E-state index contributed by atoms with van der Waals surface area (Å²) in [6.45, 7) is 7.09. The molecule has 23 heavy (non-hydrogen) atoms. The number of carbonyl (C=O) groups excluding carboxylic acids is 3. The quantitative estimate of drug-likeness (QED) is 0.808. The second kappa shape index (κ2) is 6.70. The Kier molecular flexibility index (Phi) is 5.09. The Balaban J connectivity index is 1.88. The molecular weight excluding hydrogens is 316 g/mol. The van der Waals surface area contributed by atoms with Crippen molar-refractivity contribution in [1.29, 1.82) is 0 Å². The Labute approximate surface area is 139 Å². The second-order valence-corrected chi connectivity index (χ2v) is 7.80. The van der Waals surface area contributed by atoms with Crippen LogP contribution in [0.2, 0.25) is 0 Å². The summed E-state index contributed by atoms with van der Waals surface area (Å²) in [4.78, 5) is 36.0. The van der Waals surface area contributed by atoms with Gasteiger partial charge in [0.15, 0.2) is 6.10 Å². The predicted octanol–water partition coefficient (Wildman–Crippen LogP) is 2.56. The zero-order valence-corrected chi connectivity index (χ0v) is 14.6. The molecule has 0 radical (unpaired) electrons. The molecule has 1 aliphatic rings. The molecule has 2 rings (SSSR count). The maximum absolute atomic E-state index is 12.1. The lowest BCUT2D eigenvalue weighted by atomic mass is 10.1. The van der Waals surface area contributed by atoms with Gasteiger partial charge < -0.3 is 15.4 Å². The highest BCUT2D eigenvalue weighted by molar-refractivity contribution is 7.18. The van der Waals surface area contributed by atoms with Crippen molar-refractivity contribution in [3.8, 4) is 0 Å². The summed E-state index contributed by atoms with van der Waals surface area (Å²) in [5.74, 6) is -0.818. The Hall–Kier alpha value is -1.89. The highest BCUT2D eigenvalue weighted by Crippen LogP contribution is 2.31. The lowest BCUT2D eigenvalue weighted by Crippen LogP contribution is -2.46. The van der Waals surface area contributed by atoms with Crippen molar-refractivity contribution in [2.24, 2.45) is 5.92 Å². The van der Waals surface area contributed by atoms with Crippen LogP contribution in [0, 0.1) is 5.92 Å². The number of nitrogens with one attached hydrogen (secondary N) is 2. The molecule has 2 amide bonds. The van der Waals surface area contributed by atoms with Gasteiger partial charge in [0.25, 0.3) is 5.91 Å². The molecule has 1 atom stereocenters. The summed E-state index contributed by atoms with van der Waals surface area (Å²) in [7, 11) is 0. The maximum atomic E-state index is 12.1. The summed E-state index contributed by atoms with van der Waals surface area (Å²) in [6, 6.07) is 3.26. The molecule has 1 aromatic heterocycles. The van der Waals surface area contributed by atoms with Gasteiger partial charge >= 0.3 is 5.97 Å². The van der Waals surface area contributed by atoms with Crippen molar-refractivity contribution in [2.75, 3.05) is 5.32 Å². The van der Waals surface area contributed by atoms with Crippen LogP contribution in [-0.2, 0) is 14.3 Å². The lowest BCUT2D eigenvalue weighted by Gasteiger charge is -2.23. The van der Waals surface area contributed by atoms with Gasteiger partial charge in [-0.2, -0.15) is 0 Å². The van der Waals surface area contributed by atoms with Gasteiger partial charge in [-0.15, -0.1) is 11.3 Å². The molecule has 1 aromatic rings. The summed E-state index contributed by atoms with van der Waals surface area (Å²) >= 11 is 1.14. The van der Waals surface area contributed by atoms with Gasteiger partial charge in [0.1, 0.15) is 4.88 Å². The lowest BCUT2D eigenvalue weighted by molar-refractivity contribution is -0.130. The third-order valence-electron chi connectivity index (χ3n) is 3.15. The fraction of sp³-hybridized carbons (Fsp3) is 0.562. The number of hydrogen-bond donors (Lipinski definition) is 2. The number of ether oxygens (including phenoxy) is 1. The molecule has 6 nitrogen and oxygen atoms in total. The van der Waals surface area contributed by atoms with Crippen molar-refractivity contribution in [2.45, 2.75) is 52.2 Å². The first-order valence-corrected chi connectivity index (χ1v) is 8.41. The number of rotatable bonds is 5. The molecule has 0 saturated heterocycles. The van der Waals surface area contributed by atoms with E-state index in [0.29, 0.717) is 9.88 Å². The fourth-order valence-electron chi connectivity index (χ4n) is 1.83. The van der Waals surface area contributed by atoms with E-state index in [-0.39, 0.29) is 23.3 Å². The molecule has 0 aromatic carbocycles. The van der Waals surface area contributed by atoms with Crippen molar-refractivity contribution >= 4 is 34.1 Å². The van der Waals surface area contributed by atoms with Crippen LogP contribution >= 0.6 is 11.3 Å². The average molecular weight is 338 g/mol. The van der Waals surface area contributed by atoms with Crippen LogP contribution in [0.4, 0.5) is 5.00 Å². The van der Waals surface area contributed by atoms with Crippen LogP contribution < -0.4 is 10.6 Å². The molecule has 0 aliphatic heterocycles. The number of hydrogen-bond acceptors (Lipinski definition) is 5. The average Bonchev–Trinajstić information content (AvgIpc) is 3.17. The second-order valence-electron chi connectivity index (χ2n) is 6.71. The van der Waals surface area contributed by atoms with E-state index in [0.717, 1.165) is 24.2 Å². The normalized spacial score (nSPS) is 15.7. The first-order chi connectivity index (χ1) is 10.7. The zero-order valence-electron chi connectivity index (χ0n) is 13.8. The van der Waals surface area contributed by atoms with Gasteiger partial charge in [0.2, 0.25) is 5.91 Å². The third kappa shape index (κ3) is 5.35. The summed E-state index contributed by atoms with van der Waals surface area (Å²) in [6.07, 6.45) is 0.965. The molecule has 0 bridgehead atoms. The van der Waals surface area contributed by atoms with Crippen molar-refractivity contribution in [1.82, 2.24) is 5.32 Å². The Morgan fingerprint density at radius 3 is 2.48 bits per heavy atom. The van der Waals surface area contributed by atoms with Crippen LogP contribution in [0.15, 0.2) is 12.1 Å². The maximum Gasteiger partial charge on any atom is 0.349 e. The van der Waals surface area contributed by atoms with Crippen LogP contribution in [0.3, 0.4) is 0 Å². The van der Waals surface area contributed by atoms with Crippen LogP contribution in [-0.4, -0.2) is 29.4 Å². The van der Waals surface area contributed by atoms with E-state index in [1.54, 1.807) is 12.1 Å². The largest absolute Gasteiger partial charge is 0.448 e. The predicted molar refractivity (Wildman–Crippen MR) is 88.4 cm³/mol. The molecule has 0 spiro atoms. The minimum absolute atomic E-state index is 0.00955. The molecule has 1 fully saturated rings. The molecule has 1 aliphatic carbocycles. The van der Waals surface area contributed by atoms with E-state index in [1.807, 2.05) is 20.8 Å². The molecule has 2 N–H and O–H groups in total. The Bertz CT molecular complexity index is 614. The van der Waals surface area contributed by atoms with E-state index in [1.165, 1.54) is 6.92 Å². The molecule has 1 saturated carbocycles. The molecule has 7 heteroatoms. The van der Waals surface area contributed by atoms with E-state index < -0.39 is 12.1 Å². The summed E-state index contributed by atoms with van der Waals surface area (Å²) in [5.41, 5.74) is -0.388. The monoisotopic (exact) mass is 338 g/mol. The van der Waals surface area contributed by atoms with Gasteiger partial charge in [-0.05, 0) is 52.7 Å². The smallest absolute Gasteiger partial charge is 0.349 e. The fourth-order valence-corrected chi connectivity index (χ4v) is 2.62. The van der Waals surface area contributed by atoms with Crippen LogP contribution in [0.5, 0.6) is 0 Å². The van der Waals surface area contributed by atoms with Crippen LogP contribution in [0.25, 0.3) is 0 Å². The van der Waals surface area contributed by atoms with Gasteiger partial charge in [0, 0.05) is 11.5 Å². The molecule has 126 valence electrons. The number of esters is 1. The molecular formula is C16H22N2O4S. The van der Waals surface area contributed by atoms with Gasteiger partial charge in [-0.3, -0.25) is 9.59 Å². The van der Waals surface area contributed by atoms with Crippen molar-refractivity contribution in [3.05, 3.63) is 17.0 Å². The SMILES string of the molecule is C[C@H](OC(=O)c1ccc(NC(=O)C2CC2)s1)C(=O)NC(C)(C)C. The number of anilines is 1. The van der Waals surface area contributed by atoms with E-state index in [4.69, 9.17) is 4.74 Å². The van der Waals surface area contributed by atoms with Gasteiger partial charge in [-0.25, -0.2) is 4.79 Å². The highest BCUT2D eigenvalue weighted by Gasteiger charge is 2.30. The minimum Gasteiger partial charge on any atom is -0.448 e. The number of carbonyl (C=O) groups is 3. The number of thiophene rings is 1. The number of amides is 2.